The lowest BCUT2D eigenvalue weighted by Gasteiger charge is -2.35. The molecule has 0 heterocycles. The van der Waals surface area contributed by atoms with Crippen LogP contribution in [0.2, 0.25) is 18.1 Å². The zero-order valence-corrected chi connectivity index (χ0v) is 15.1. The molecule has 2 rings (SSSR count). The molecular weight excluding hydrogens is 290 g/mol. The van der Waals surface area contributed by atoms with Gasteiger partial charge in [-0.1, -0.05) is 63.2 Å². The van der Waals surface area contributed by atoms with Gasteiger partial charge in [-0.15, -0.1) is 0 Å². The molecule has 0 saturated heterocycles. The van der Waals surface area contributed by atoms with Crippen LogP contribution in [0.3, 0.4) is 0 Å². The van der Waals surface area contributed by atoms with Gasteiger partial charge in [-0.2, -0.15) is 0 Å². The highest BCUT2D eigenvalue weighted by Crippen LogP contribution is 2.35. The van der Waals surface area contributed by atoms with E-state index in [2.05, 4.69) is 51.5 Å². The van der Waals surface area contributed by atoms with E-state index < -0.39 is 8.32 Å². The minimum absolute atomic E-state index is 0.0692. The number of fused-ring (bicyclic) bond motifs is 1. The zero-order valence-electron chi connectivity index (χ0n) is 14.1. The second-order valence-corrected chi connectivity index (χ2v) is 11.9. The van der Waals surface area contributed by atoms with Gasteiger partial charge in [0, 0.05) is 0 Å². The van der Waals surface area contributed by atoms with Crippen molar-refractivity contribution in [2.45, 2.75) is 45.3 Å². The lowest BCUT2D eigenvalue weighted by molar-refractivity contribution is -0.127. The van der Waals surface area contributed by atoms with E-state index in [4.69, 9.17) is 4.53 Å². The van der Waals surface area contributed by atoms with Gasteiger partial charge in [-0.25, -0.2) is 5.48 Å². The van der Waals surface area contributed by atoms with Crippen molar-refractivity contribution in [3.8, 4) is 0 Å². The predicted octanol–water partition coefficient (Wildman–Crippen LogP) is 4.44. The van der Waals surface area contributed by atoms with Crippen molar-refractivity contribution in [1.29, 1.82) is 0 Å². The molecule has 0 aliphatic rings. The van der Waals surface area contributed by atoms with E-state index in [0.717, 1.165) is 16.3 Å². The number of carbonyl (C=O) groups is 1. The lowest BCUT2D eigenvalue weighted by Crippen LogP contribution is -2.46. The Kier molecular flexibility index (Phi) is 4.73. The maximum Gasteiger partial charge on any atom is 0.246 e. The summed E-state index contributed by atoms with van der Waals surface area (Å²) < 4.78 is 5.78. The van der Waals surface area contributed by atoms with Crippen molar-refractivity contribution in [2.75, 3.05) is 0 Å². The molecule has 0 aliphatic carbocycles. The molecule has 4 heteroatoms. The predicted molar refractivity (Wildman–Crippen MR) is 94.1 cm³/mol. The Morgan fingerprint density at radius 3 is 2.41 bits per heavy atom. The van der Waals surface area contributed by atoms with Gasteiger partial charge in [0.2, 0.25) is 14.2 Å². The highest BCUT2D eigenvalue weighted by molar-refractivity contribution is 6.74. The van der Waals surface area contributed by atoms with E-state index in [1.165, 1.54) is 0 Å². The first-order valence-corrected chi connectivity index (χ1v) is 10.5. The minimum Gasteiger partial charge on any atom is -0.320 e. The largest absolute Gasteiger partial charge is 0.320 e. The molecule has 118 valence electrons. The van der Waals surface area contributed by atoms with E-state index in [9.17, 15) is 4.79 Å². The quantitative estimate of drug-likeness (QED) is 0.669. The van der Waals surface area contributed by atoms with Crippen molar-refractivity contribution >= 4 is 25.0 Å². The van der Waals surface area contributed by atoms with Crippen LogP contribution in [0.25, 0.3) is 10.8 Å². The van der Waals surface area contributed by atoms with Crippen LogP contribution in [-0.4, -0.2) is 14.2 Å². The lowest BCUT2D eigenvalue weighted by atomic mass is 10.0. The highest BCUT2D eigenvalue weighted by Gasteiger charge is 2.38. The number of hydroxylamine groups is 1. The minimum atomic E-state index is -1.97. The molecular formula is C18H25NO2Si. The van der Waals surface area contributed by atoms with Crippen LogP contribution in [0.5, 0.6) is 0 Å². The van der Waals surface area contributed by atoms with E-state index in [-0.39, 0.29) is 10.9 Å². The third kappa shape index (κ3) is 3.75. The molecule has 1 N–H and O–H groups in total. The van der Waals surface area contributed by atoms with Crippen LogP contribution in [0.4, 0.5) is 0 Å². The molecule has 0 aliphatic heterocycles. The Bertz CT molecular complexity index is 669. The summed E-state index contributed by atoms with van der Waals surface area (Å²) in [7, 11) is -1.97. The summed E-state index contributed by atoms with van der Waals surface area (Å²) in [4.78, 5) is 12.2. The Hall–Kier alpha value is -1.65. The van der Waals surface area contributed by atoms with Gasteiger partial charge >= 0.3 is 0 Å². The average molecular weight is 315 g/mol. The molecule has 0 bridgehead atoms. The van der Waals surface area contributed by atoms with Crippen LogP contribution in [-0.2, 0) is 15.7 Å². The third-order valence-electron chi connectivity index (χ3n) is 4.46. The first kappa shape index (κ1) is 16.7. The fourth-order valence-electron chi connectivity index (χ4n) is 1.99. The molecule has 0 unspecified atom stereocenters. The van der Waals surface area contributed by atoms with E-state index >= 15 is 0 Å². The SMILES string of the molecule is CC(C)(C)[Si](C)(C)ONC(=O)Cc1cccc2ccccc12. The Morgan fingerprint density at radius 1 is 1.09 bits per heavy atom. The fraction of sp³-hybridized carbons (Fsp3) is 0.389. The first-order valence-electron chi connectivity index (χ1n) is 7.64. The van der Waals surface area contributed by atoms with Crippen molar-refractivity contribution in [3.63, 3.8) is 0 Å². The van der Waals surface area contributed by atoms with Crippen molar-refractivity contribution in [3.05, 3.63) is 48.0 Å². The van der Waals surface area contributed by atoms with Gasteiger partial charge in [0.1, 0.15) is 0 Å². The van der Waals surface area contributed by atoms with Crippen LogP contribution in [0.1, 0.15) is 26.3 Å². The van der Waals surface area contributed by atoms with Crippen LogP contribution in [0.15, 0.2) is 42.5 Å². The average Bonchev–Trinajstić information content (AvgIpc) is 2.44. The Morgan fingerprint density at radius 2 is 1.73 bits per heavy atom. The van der Waals surface area contributed by atoms with Gasteiger partial charge in [-0.05, 0) is 34.5 Å². The van der Waals surface area contributed by atoms with Gasteiger partial charge in [0.15, 0.2) is 0 Å². The summed E-state index contributed by atoms with van der Waals surface area (Å²) in [5.41, 5.74) is 3.69. The number of nitrogens with one attached hydrogen (secondary N) is 1. The molecule has 0 atom stereocenters. The topological polar surface area (TPSA) is 38.3 Å². The van der Waals surface area contributed by atoms with Gasteiger partial charge < -0.3 is 4.53 Å². The maximum atomic E-state index is 12.2. The van der Waals surface area contributed by atoms with Crippen molar-refractivity contribution in [2.24, 2.45) is 0 Å². The summed E-state index contributed by atoms with van der Waals surface area (Å²) >= 11 is 0. The fourth-order valence-corrected chi connectivity index (χ4v) is 2.67. The molecule has 0 radical (unpaired) electrons. The number of hydrogen-bond acceptors (Lipinski definition) is 2. The molecule has 3 nitrogen and oxygen atoms in total. The molecule has 2 aromatic carbocycles. The van der Waals surface area contributed by atoms with Crippen molar-refractivity contribution < 1.29 is 9.32 Å². The standard InChI is InChI=1S/C18H25NO2Si/c1-18(2,3)22(4,5)21-19-17(20)13-15-11-8-10-14-9-6-7-12-16(14)15/h6-12H,13H2,1-5H3,(H,19,20). The van der Waals surface area contributed by atoms with E-state index in [1.807, 2.05) is 30.3 Å². The summed E-state index contributed by atoms with van der Waals surface area (Å²) in [5, 5.41) is 2.34. The second kappa shape index (κ2) is 6.22. The monoisotopic (exact) mass is 315 g/mol. The maximum absolute atomic E-state index is 12.2. The van der Waals surface area contributed by atoms with Gasteiger partial charge in [0.25, 0.3) is 0 Å². The molecule has 1 amide bonds. The number of amides is 1. The highest BCUT2D eigenvalue weighted by atomic mass is 28.4. The van der Waals surface area contributed by atoms with Crippen molar-refractivity contribution in [1.82, 2.24) is 5.48 Å². The second-order valence-electron chi connectivity index (χ2n) is 7.20. The Labute approximate surface area is 133 Å². The van der Waals surface area contributed by atoms with E-state index in [1.54, 1.807) is 0 Å². The molecule has 22 heavy (non-hydrogen) atoms. The van der Waals surface area contributed by atoms with Crippen LogP contribution >= 0.6 is 0 Å². The molecule has 0 fully saturated rings. The number of carbonyl (C=O) groups excluding carboxylic acids is 1. The molecule has 0 spiro atoms. The summed E-state index contributed by atoms with van der Waals surface area (Å²) in [6.45, 7) is 10.7. The zero-order chi connectivity index (χ0) is 16.4. The van der Waals surface area contributed by atoms with E-state index in [0.29, 0.717) is 6.42 Å². The van der Waals surface area contributed by atoms with Crippen LogP contribution in [0, 0.1) is 0 Å². The Balaban J connectivity index is 2.06. The molecule has 0 aromatic heterocycles. The normalized spacial score (nSPS) is 12.4. The number of hydrogen-bond donors (Lipinski definition) is 1. The number of benzene rings is 2. The number of rotatable bonds is 4. The summed E-state index contributed by atoms with van der Waals surface area (Å²) in [6, 6.07) is 14.1. The third-order valence-corrected chi connectivity index (χ3v) is 8.68. The molecule has 0 saturated carbocycles. The summed E-state index contributed by atoms with van der Waals surface area (Å²) in [5.74, 6) is -0.0961. The van der Waals surface area contributed by atoms with Crippen LogP contribution < -0.4 is 5.48 Å². The molecule has 2 aromatic rings. The van der Waals surface area contributed by atoms with Gasteiger partial charge in [-0.3, -0.25) is 4.79 Å². The first-order chi connectivity index (χ1) is 10.2. The van der Waals surface area contributed by atoms with Gasteiger partial charge in [0.05, 0.1) is 6.42 Å². The summed E-state index contributed by atoms with van der Waals surface area (Å²) in [6.07, 6.45) is 0.329. The smallest absolute Gasteiger partial charge is 0.246 e.